The van der Waals surface area contributed by atoms with E-state index in [1.807, 2.05) is 42.5 Å². The lowest BCUT2D eigenvalue weighted by Crippen LogP contribution is -2.27. The number of amides is 1. The van der Waals surface area contributed by atoms with Crippen LogP contribution in [0, 0.1) is 0 Å². The van der Waals surface area contributed by atoms with Gasteiger partial charge >= 0.3 is 0 Å². The lowest BCUT2D eigenvalue weighted by Gasteiger charge is -2.23. The fourth-order valence-electron chi connectivity index (χ4n) is 3.31. The fraction of sp³-hybridized carbons (Fsp3) is 0.0952. The predicted molar refractivity (Wildman–Crippen MR) is 111 cm³/mol. The Morgan fingerprint density at radius 2 is 1.68 bits per heavy atom. The van der Waals surface area contributed by atoms with Crippen LogP contribution in [0.2, 0.25) is 5.02 Å². The van der Waals surface area contributed by atoms with Gasteiger partial charge in [-0.1, -0.05) is 60.1 Å². The average molecular weight is 413 g/mol. The highest BCUT2D eigenvalue weighted by Crippen LogP contribution is 2.37. The third-order valence-electron chi connectivity index (χ3n) is 4.75. The third kappa shape index (κ3) is 3.15. The van der Waals surface area contributed by atoms with E-state index < -0.39 is 10.0 Å². The first-order chi connectivity index (χ1) is 13.4. The molecular formula is C21H17ClN2O3S. The number of nitrogens with one attached hydrogen (secondary N) is 1. The van der Waals surface area contributed by atoms with Crippen molar-refractivity contribution in [2.24, 2.45) is 0 Å². The van der Waals surface area contributed by atoms with Crippen LogP contribution in [0.1, 0.15) is 5.56 Å². The van der Waals surface area contributed by atoms with Gasteiger partial charge in [0, 0.05) is 18.3 Å². The summed E-state index contributed by atoms with van der Waals surface area (Å²) in [6.45, 7) is 0. The van der Waals surface area contributed by atoms with E-state index in [0.29, 0.717) is 16.9 Å². The molecule has 5 nitrogen and oxygen atoms in total. The summed E-state index contributed by atoms with van der Waals surface area (Å²) in [5.74, 6) is -0.177. The van der Waals surface area contributed by atoms with E-state index in [1.165, 1.54) is 23.5 Å². The standard InChI is InChI=1S/C21H17ClN2O3S/c1-24(19-10-6-5-9-16(19)14-7-3-2-4-8-14)28(26,27)20-11-15-12-21(25)23-18(15)13-17(20)22/h2-11,13H,12H2,1H3,(H,23,25). The first kappa shape index (κ1) is 18.5. The van der Waals surface area contributed by atoms with Crippen LogP contribution in [0.15, 0.2) is 71.6 Å². The molecule has 0 radical (unpaired) electrons. The molecule has 1 N–H and O–H groups in total. The van der Waals surface area contributed by atoms with Crippen LogP contribution in [0.4, 0.5) is 11.4 Å². The van der Waals surface area contributed by atoms with Gasteiger partial charge in [-0.05, 0) is 29.3 Å². The molecule has 0 aromatic heterocycles. The van der Waals surface area contributed by atoms with Crippen molar-refractivity contribution in [2.75, 3.05) is 16.7 Å². The minimum atomic E-state index is -3.93. The average Bonchev–Trinajstić information content (AvgIpc) is 3.06. The van der Waals surface area contributed by atoms with Gasteiger partial charge in [0.15, 0.2) is 0 Å². The molecule has 0 aliphatic carbocycles. The van der Waals surface area contributed by atoms with Gasteiger partial charge in [-0.3, -0.25) is 9.10 Å². The van der Waals surface area contributed by atoms with Crippen LogP contribution in [0.5, 0.6) is 0 Å². The topological polar surface area (TPSA) is 66.5 Å². The monoisotopic (exact) mass is 412 g/mol. The maximum absolute atomic E-state index is 13.4. The molecule has 0 unspecified atom stereocenters. The molecule has 3 aromatic rings. The second-order valence-corrected chi connectivity index (χ2v) is 8.87. The van der Waals surface area contributed by atoms with Gasteiger partial charge in [0.2, 0.25) is 5.91 Å². The minimum Gasteiger partial charge on any atom is -0.325 e. The highest BCUT2D eigenvalue weighted by molar-refractivity contribution is 7.93. The van der Waals surface area contributed by atoms with Gasteiger partial charge < -0.3 is 5.32 Å². The molecule has 0 spiro atoms. The minimum absolute atomic E-state index is 0.0187. The van der Waals surface area contributed by atoms with Crippen molar-refractivity contribution >= 4 is 38.9 Å². The zero-order valence-corrected chi connectivity index (χ0v) is 16.6. The van der Waals surface area contributed by atoms with E-state index >= 15 is 0 Å². The second kappa shape index (κ2) is 6.96. The van der Waals surface area contributed by atoms with Crippen LogP contribution in [-0.2, 0) is 21.2 Å². The first-order valence-electron chi connectivity index (χ1n) is 8.63. The summed E-state index contributed by atoms with van der Waals surface area (Å²) >= 11 is 6.27. The number of nitrogens with zero attached hydrogens (tertiary/aromatic N) is 1. The zero-order chi connectivity index (χ0) is 19.9. The largest absolute Gasteiger partial charge is 0.325 e. The van der Waals surface area contributed by atoms with Gasteiger partial charge in [-0.15, -0.1) is 0 Å². The van der Waals surface area contributed by atoms with Crippen LogP contribution in [-0.4, -0.2) is 21.4 Å². The number of hydrogen-bond donors (Lipinski definition) is 1. The Morgan fingerprint density at radius 1 is 1.00 bits per heavy atom. The molecular weight excluding hydrogens is 396 g/mol. The van der Waals surface area contributed by atoms with E-state index in [2.05, 4.69) is 5.32 Å². The molecule has 0 saturated heterocycles. The molecule has 1 aliphatic heterocycles. The van der Waals surface area contributed by atoms with Gasteiger partial charge in [-0.25, -0.2) is 8.42 Å². The summed E-state index contributed by atoms with van der Waals surface area (Å²) in [7, 11) is -2.43. The number of benzene rings is 3. The summed E-state index contributed by atoms with van der Waals surface area (Å²) < 4.78 is 27.9. The lowest BCUT2D eigenvalue weighted by molar-refractivity contribution is -0.115. The van der Waals surface area contributed by atoms with E-state index in [-0.39, 0.29) is 22.2 Å². The Labute approximate surface area is 168 Å². The van der Waals surface area contributed by atoms with Crippen molar-refractivity contribution in [3.63, 3.8) is 0 Å². The molecule has 4 rings (SSSR count). The van der Waals surface area contributed by atoms with Crippen LogP contribution >= 0.6 is 11.6 Å². The second-order valence-electron chi connectivity index (χ2n) is 6.52. The number of halogens is 1. The molecule has 1 amide bonds. The number of carbonyl (C=O) groups is 1. The van der Waals surface area contributed by atoms with Crippen molar-refractivity contribution in [1.29, 1.82) is 0 Å². The van der Waals surface area contributed by atoms with E-state index in [4.69, 9.17) is 11.6 Å². The van der Waals surface area contributed by atoms with Crippen LogP contribution in [0.25, 0.3) is 11.1 Å². The number of para-hydroxylation sites is 1. The van der Waals surface area contributed by atoms with Crippen molar-refractivity contribution in [3.05, 3.63) is 77.3 Å². The SMILES string of the molecule is CN(c1ccccc1-c1ccccc1)S(=O)(=O)c1cc2c(cc1Cl)NC(=O)C2. The van der Waals surface area contributed by atoms with Crippen LogP contribution < -0.4 is 9.62 Å². The highest BCUT2D eigenvalue weighted by Gasteiger charge is 2.29. The molecule has 0 bridgehead atoms. The fourth-order valence-corrected chi connectivity index (χ4v) is 5.08. The molecule has 7 heteroatoms. The molecule has 1 aliphatic rings. The Hall–Kier alpha value is -2.83. The molecule has 3 aromatic carbocycles. The van der Waals surface area contributed by atoms with Gasteiger partial charge in [0.1, 0.15) is 4.90 Å². The van der Waals surface area contributed by atoms with Crippen molar-refractivity contribution in [1.82, 2.24) is 0 Å². The van der Waals surface area contributed by atoms with Gasteiger partial charge in [-0.2, -0.15) is 0 Å². The number of hydrogen-bond acceptors (Lipinski definition) is 3. The highest BCUT2D eigenvalue weighted by atomic mass is 35.5. The molecule has 28 heavy (non-hydrogen) atoms. The molecule has 0 atom stereocenters. The van der Waals surface area contributed by atoms with Crippen molar-refractivity contribution in [3.8, 4) is 11.1 Å². The number of sulfonamides is 1. The Kier molecular flexibility index (Phi) is 4.61. The molecule has 1 heterocycles. The maximum Gasteiger partial charge on any atom is 0.265 e. The van der Waals surface area contributed by atoms with Gasteiger partial charge in [0.05, 0.1) is 17.1 Å². The van der Waals surface area contributed by atoms with Crippen LogP contribution in [0.3, 0.4) is 0 Å². The summed E-state index contributed by atoms with van der Waals surface area (Å²) in [6.07, 6.45) is 0.138. The smallest absolute Gasteiger partial charge is 0.265 e. The molecule has 0 saturated carbocycles. The van der Waals surface area contributed by atoms with Crippen molar-refractivity contribution < 1.29 is 13.2 Å². The van der Waals surface area contributed by atoms with E-state index in [1.54, 1.807) is 12.1 Å². The number of anilines is 2. The molecule has 0 fully saturated rings. The summed E-state index contributed by atoms with van der Waals surface area (Å²) in [6, 6.07) is 19.8. The number of carbonyl (C=O) groups excluding carboxylic acids is 1. The predicted octanol–water partition coefficient (Wildman–Crippen LogP) is 4.33. The Morgan fingerprint density at radius 3 is 2.43 bits per heavy atom. The lowest BCUT2D eigenvalue weighted by atomic mass is 10.0. The van der Waals surface area contributed by atoms with Crippen molar-refractivity contribution in [2.45, 2.75) is 11.3 Å². The molecule has 142 valence electrons. The van der Waals surface area contributed by atoms with E-state index in [9.17, 15) is 13.2 Å². The third-order valence-corrected chi connectivity index (χ3v) is 6.99. The summed E-state index contributed by atoms with van der Waals surface area (Å²) in [4.78, 5) is 11.6. The maximum atomic E-state index is 13.4. The first-order valence-corrected chi connectivity index (χ1v) is 10.5. The summed E-state index contributed by atoms with van der Waals surface area (Å²) in [5.41, 5.74) is 3.43. The van der Waals surface area contributed by atoms with E-state index in [0.717, 1.165) is 11.1 Å². The quantitative estimate of drug-likeness (QED) is 0.693. The Bertz CT molecular complexity index is 1180. The Balaban J connectivity index is 1.81. The number of fused-ring (bicyclic) bond motifs is 1. The number of rotatable bonds is 4. The zero-order valence-electron chi connectivity index (χ0n) is 15.0. The van der Waals surface area contributed by atoms with Gasteiger partial charge in [0.25, 0.3) is 10.0 Å². The summed E-state index contributed by atoms with van der Waals surface area (Å²) in [5, 5.41) is 2.75. The normalized spacial score (nSPS) is 13.1.